The maximum atomic E-state index is 11.6. The van der Waals surface area contributed by atoms with Crippen LogP contribution in [0.25, 0.3) is 0 Å². The maximum Gasteiger partial charge on any atom is 0.340 e. The molecule has 2 rings (SSSR count). The molecule has 5 heteroatoms. The van der Waals surface area contributed by atoms with Crippen molar-refractivity contribution in [2.45, 2.75) is 18.9 Å². The number of hydrogen-bond donors (Lipinski definition) is 1. The van der Waals surface area contributed by atoms with Crippen LogP contribution in [0.15, 0.2) is 23.4 Å². The van der Waals surface area contributed by atoms with Crippen LogP contribution in [0.3, 0.4) is 0 Å². The average Bonchev–Trinajstić information content (AvgIpc) is 2.20. The smallest absolute Gasteiger partial charge is 0.340 e. The molecular formula is C11H9NO4. The van der Waals surface area contributed by atoms with Crippen LogP contribution in [0.5, 0.6) is 0 Å². The van der Waals surface area contributed by atoms with Crippen LogP contribution in [0.2, 0.25) is 0 Å². The van der Waals surface area contributed by atoms with Crippen molar-refractivity contribution >= 4 is 11.8 Å². The minimum absolute atomic E-state index is 0.241. The number of nitroso groups, excluding NO2 is 1. The third-order valence-corrected chi connectivity index (χ3v) is 2.74. The van der Waals surface area contributed by atoms with Gasteiger partial charge in [0.2, 0.25) is 5.78 Å². The van der Waals surface area contributed by atoms with Gasteiger partial charge in [0.1, 0.15) is 0 Å². The van der Waals surface area contributed by atoms with Crippen molar-refractivity contribution in [3.8, 4) is 0 Å². The molecule has 0 aliphatic heterocycles. The van der Waals surface area contributed by atoms with Gasteiger partial charge in [0.15, 0.2) is 0 Å². The van der Waals surface area contributed by atoms with Crippen molar-refractivity contribution in [1.82, 2.24) is 0 Å². The number of aryl methyl sites for hydroxylation is 2. The molecule has 1 atom stereocenters. The van der Waals surface area contributed by atoms with Crippen LogP contribution in [0.4, 0.5) is 0 Å². The number of carboxylic acids is 1. The Bertz CT molecular complexity index is 481. The highest BCUT2D eigenvalue weighted by molar-refractivity contribution is 6.11. The first kappa shape index (κ1) is 10.5. The highest BCUT2D eigenvalue weighted by Gasteiger charge is 2.29. The van der Waals surface area contributed by atoms with Gasteiger partial charge in [-0.25, -0.2) is 4.79 Å². The lowest BCUT2D eigenvalue weighted by Gasteiger charge is -2.19. The zero-order valence-corrected chi connectivity index (χ0v) is 8.34. The highest BCUT2D eigenvalue weighted by Crippen LogP contribution is 2.24. The van der Waals surface area contributed by atoms with Crippen molar-refractivity contribution in [2.75, 3.05) is 0 Å². The van der Waals surface area contributed by atoms with Gasteiger partial charge in [0.25, 0.3) is 6.04 Å². The number of carbonyl (C=O) groups is 2. The second-order valence-corrected chi connectivity index (χ2v) is 3.69. The Labute approximate surface area is 91.1 Å². The second-order valence-electron chi connectivity index (χ2n) is 3.69. The van der Waals surface area contributed by atoms with Crippen molar-refractivity contribution in [2.24, 2.45) is 5.18 Å². The van der Waals surface area contributed by atoms with Crippen molar-refractivity contribution in [3.63, 3.8) is 0 Å². The lowest BCUT2D eigenvalue weighted by atomic mass is 9.86. The summed E-state index contributed by atoms with van der Waals surface area (Å²) < 4.78 is 0. The molecule has 1 N–H and O–H groups in total. The molecule has 5 nitrogen and oxygen atoms in total. The molecule has 0 heterocycles. The van der Waals surface area contributed by atoms with Crippen LogP contribution < -0.4 is 0 Å². The number of ketones is 1. The van der Waals surface area contributed by atoms with Crippen LogP contribution >= 0.6 is 0 Å². The summed E-state index contributed by atoms with van der Waals surface area (Å²) in [4.78, 5) is 32.5. The predicted octanol–water partition coefficient (Wildman–Crippen LogP) is 1.19. The van der Waals surface area contributed by atoms with E-state index in [1.165, 1.54) is 5.56 Å². The van der Waals surface area contributed by atoms with Gasteiger partial charge in [0, 0.05) is 5.56 Å². The number of Topliss-reactive ketones (excluding diaryl/α,β-unsaturated/α-hetero) is 1. The van der Waals surface area contributed by atoms with Gasteiger partial charge < -0.3 is 5.11 Å². The third-order valence-electron chi connectivity index (χ3n) is 2.74. The zero-order valence-electron chi connectivity index (χ0n) is 8.34. The summed E-state index contributed by atoms with van der Waals surface area (Å²) in [7, 11) is 0. The Morgan fingerprint density at radius 2 is 1.94 bits per heavy atom. The molecular weight excluding hydrogens is 210 g/mol. The number of benzene rings is 1. The van der Waals surface area contributed by atoms with E-state index in [9.17, 15) is 14.5 Å². The largest absolute Gasteiger partial charge is 0.479 e. The Hall–Kier alpha value is -2.04. The molecule has 1 aliphatic carbocycles. The van der Waals surface area contributed by atoms with E-state index >= 15 is 0 Å². The Morgan fingerprint density at radius 3 is 2.38 bits per heavy atom. The normalized spacial score (nSPS) is 14.5. The first-order valence-corrected chi connectivity index (χ1v) is 4.85. The van der Waals surface area contributed by atoms with Crippen LogP contribution in [0, 0.1) is 4.91 Å². The number of rotatable bonds is 4. The monoisotopic (exact) mass is 219 g/mol. The molecule has 1 aromatic carbocycles. The first-order valence-electron chi connectivity index (χ1n) is 4.85. The standard InChI is InChI=1S/C11H9NO4/c13-10(9(12-16)11(14)15)8-4-2-6-1-3-7(6)5-8/h2,4-5,9H,1,3H2,(H,14,15)/t9-/m0/s1. The van der Waals surface area contributed by atoms with E-state index < -0.39 is 17.8 Å². The maximum absolute atomic E-state index is 11.6. The number of nitrogens with zero attached hydrogens (tertiary/aromatic N) is 1. The van der Waals surface area contributed by atoms with E-state index in [1.807, 2.05) is 0 Å². The van der Waals surface area contributed by atoms with Crippen LogP contribution in [-0.4, -0.2) is 22.9 Å². The molecule has 0 amide bonds. The molecule has 0 fully saturated rings. The van der Waals surface area contributed by atoms with Gasteiger partial charge >= 0.3 is 5.97 Å². The number of aliphatic carboxylic acids is 1. The van der Waals surface area contributed by atoms with Crippen LogP contribution in [0.1, 0.15) is 21.5 Å². The van der Waals surface area contributed by atoms with Gasteiger partial charge in [-0.05, 0) is 35.2 Å². The van der Waals surface area contributed by atoms with E-state index in [0.717, 1.165) is 18.4 Å². The van der Waals surface area contributed by atoms with E-state index in [-0.39, 0.29) is 5.56 Å². The average molecular weight is 219 g/mol. The van der Waals surface area contributed by atoms with E-state index in [1.54, 1.807) is 18.2 Å². The molecule has 0 saturated carbocycles. The molecule has 0 saturated heterocycles. The molecule has 82 valence electrons. The molecule has 0 spiro atoms. The minimum atomic E-state index is -1.84. The van der Waals surface area contributed by atoms with Crippen molar-refractivity contribution in [1.29, 1.82) is 0 Å². The summed E-state index contributed by atoms with van der Waals surface area (Å²) >= 11 is 0. The predicted molar refractivity (Wildman–Crippen MR) is 55.4 cm³/mol. The van der Waals surface area contributed by atoms with E-state index in [4.69, 9.17) is 5.11 Å². The summed E-state index contributed by atoms with van der Waals surface area (Å²) in [5.74, 6) is -2.26. The molecule has 0 aromatic heterocycles. The lowest BCUT2D eigenvalue weighted by Crippen LogP contribution is -2.28. The molecule has 0 radical (unpaired) electrons. The number of fused-ring (bicyclic) bond motifs is 1. The quantitative estimate of drug-likeness (QED) is 0.468. The Morgan fingerprint density at radius 1 is 1.25 bits per heavy atom. The zero-order chi connectivity index (χ0) is 11.7. The van der Waals surface area contributed by atoms with Gasteiger partial charge in [-0.1, -0.05) is 12.1 Å². The van der Waals surface area contributed by atoms with E-state index in [2.05, 4.69) is 5.18 Å². The lowest BCUT2D eigenvalue weighted by molar-refractivity contribution is -0.137. The summed E-state index contributed by atoms with van der Waals surface area (Å²) in [6.45, 7) is 0. The second kappa shape index (κ2) is 3.84. The third kappa shape index (κ3) is 1.60. The fraction of sp³-hybridized carbons (Fsp3) is 0.273. The topological polar surface area (TPSA) is 83.8 Å². The summed E-state index contributed by atoms with van der Waals surface area (Å²) in [5.41, 5.74) is 2.45. The fourth-order valence-corrected chi connectivity index (χ4v) is 1.71. The van der Waals surface area contributed by atoms with Gasteiger partial charge in [-0.3, -0.25) is 4.79 Å². The molecule has 1 aliphatic rings. The Kier molecular flexibility index (Phi) is 2.52. The SMILES string of the molecule is O=N[C@H](C(=O)O)C(=O)c1ccc2c(c1)CC2. The molecule has 1 aromatic rings. The number of hydrogen-bond acceptors (Lipinski definition) is 4. The molecule has 16 heavy (non-hydrogen) atoms. The summed E-state index contributed by atoms with van der Waals surface area (Å²) in [6.07, 6.45) is 1.88. The Balaban J connectivity index is 2.29. The van der Waals surface area contributed by atoms with Gasteiger partial charge in [0.05, 0.1) is 0 Å². The van der Waals surface area contributed by atoms with Crippen LogP contribution in [-0.2, 0) is 17.6 Å². The fourth-order valence-electron chi connectivity index (χ4n) is 1.71. The molecule has 0 bridgehead atoms. The van der Waals surface area contributed by atoms with Gasteiger partial charge in [-0.2, -0.15) is 0 Å². The number of carbonyl (C=O) groups excluding carboxylic acids is 1. The van der Waals surface area contributed by atoms with Gasteiger partial charge in [-0.15, -0.1) is 4.91 Å². The van der Waals surface area contributed by atoms with Crippen molar-refractivity contribution < 1.29 is 14.7 Å². The molecule has 0 unspecified atom stereocenters. The first-order chi connectivity index (χ1) is 7.63. The summed E-state index contributed by atoms with van der Waals surface area (Å²) in [6, 6.07) is 3.14. The summed E-state index contributed by atoms with van der Waals surface area (Å²) in [5, 5.41) is 11.0. The minimum Gasteiger partial charge on any atom is -0.479 e. The van der Waals surface area contributed by atoms with E-state index in [0.29, 0.717) is 0 Å². The number of carboxylic acid groups (broad SMARTS) is 1. The highest BCUT2D eigenvalue weighted by atomic mass is 16.4. The van der Waals surface area contributed by atoms with Crippen molar-refractivity contribution in [3.05, 3.63) is 39.8 Å².